The number of rotatable bonds is 7. The number of ether oxygens (including phenoxy) is 1. The molecule has 1 saturated heterocycles. The molecule has 5 rings (SSSR count). The molecule has 3 heterocycles. The molecule has 174 valence electrons. The molecular formula is C26H33N5O2. The zero-order valence-electron chi connectivity index (χ0n) is 19.6. The number of pyridine rings is 1. The van der Waals surface area contributed by atoms with Gasteiger partial charge in [-0.05, 0) is 50.2 Å². The number of nitrogens with zero attached hydrogens (tertiary/aromatic N) is 3. The van der Waals surface area contributed by atoms with Gasteiger partial charge in [-0.2, -0.15) is 5.10 Å². The van der Waals surface area contributed by atoms with E-state index in [1.807, 2.05) is 10.9 Å². The largest absolute Gasteiger partial charge is 0.381 e. The van der Waals surface area contributed by atoms with Crippen molar-refractivity contribution in [2.75, 3.05) is 18.5 Å². The van der Waals surface area contributed by atoms with E-state index in [9.17, 15) is 4.79 Å². The van der Waals surface area contributed by atoms with Crippen molar-refractivity contribution in [1.29, 1.82) is 0 Å². The number of benzene rings is 1. The minimum atomic E-state index is -0.0375. The second-order valence-corrected chi connectivity index (χ2v) is 9.13. The van der Waals surface area contributed by atoms with E-state index in [1.165, 1.54) is 11.1 Å². The van der Waals surface area contributed by atoms with Gasteiger partial charge >= 0.3 is 0 Å². The first-order valence-electron chi connectivity index (χ1n) is 12.3. The van der Waals surface area contributed by atoms with Gasteiger partial charge in [-0.25, -0.2) is 9.67 Å². The summed E-state index contributed by atoms with van der Waals surface area (Å²) in [7, 11) is 0. The first-order valence-corrected chi connectivity index (χ1v) is 12.3. The Morgan fingerprint density at radius 1 is 1.12 bits per heavy atom. The van der Waals surface area contributed by atoms with Gasteiger partial charge in [-0.15, -0.1) is 0 Å². The van der Waals surface area contributed by atoms with Gasteiger partial charge in [0.15, 0.2) is 5.65 Å². The molecule has 0 unspecified atom stereocenters. The topological polar surface area (TPSA) is 81.1 Å². The lowest BCUT2D eigenvalue weighted by atomic mass is 10.0. The van der Waals surface area contributed by atoms with Crippen LogP contribution in [0.25, 0.3) is 11.0 Å². The smallest absolute Gasteiger partial charge is 0.255 e. The molecule has 0 atom stereocenters. The zero-order chi connectivity index (χ0) is 22.8. The third kappa shape index (κ3) is 4.34. The maximum atomic E-state index is 13.8. The van der Waals surface area contributed by atoms with Crippen molar-refractivity contribution >= 4 is 22.6 Å². The molecule has 3 aromatic rings. The fraction of sp³-hybridized carbons (Fsp3) is 0.500. The van der Waals surface area contributed by atoms with Gasteiger partial charge in [-0.1, -0.05) is 37.6 Å². The molecule has 7 nitrogen and oxygen atoms in total. The van der Waals surface area contributed by atoms with Gasteiger partial charge < -0.3 is 15.4 Å². The fourth-order valence-corrected chi connectivity index (χ4v) is 5.14. The molecule has 2 aliphatic rings. The van der Waals surface area contributed by atoms with Gasteiger partial charge in [0.05, 0.1) is 28.5 Å². The Morgan fingerprint density at radius 2 is 1.85 bits per heavy atom. The summed E-state index contributed by atoms with van der Waals surface area (Å²) >= 11 is 0. The molecule has 1 aliphatic heterocycles. The van der Waals surface area contributed by atoms with E-state index >= 15 is 0 Å². The monoisotopic (exact) mass is 447 g/mol. The molecule has 1 amide bonds. The fourth-order valence-electron chi connectivity index (χ4n) is 5.14. The van der Waals surface area contributed by atoms with Crippen LogP contribution in [0.1, 0.15) is 60.3 Å². The third-order valence-electron chi connectivity index (χ3n) is 6.83. The lowest BCUT2D eigenvalue weighted by Gasteiger charge is -2.26. The normalized spacial score (nSPS) is 16.8. The number of nitrogens with one attached hydrogen (secondary N) is 2. The van der Waals surface area contributed by atoms with Crippen molar-refractivity contribution in [1.82, 2.24) is 20.1 Å². The van der Waals surface area contributed by atoms with Crippen molar-refractivity contribution < 1.29 is 9.53 Å². The predicted molar refractivity (Wildman–Crippen MR) is 130 cm³/mol. The molecule has 0 radical (unpaired) electrons. The average Bonchev–Trinajstić information content (AvgIpc) is 3.43. The van der Waals surface area contributed by atoms with Crippen LogP contribution in [-0.4, -0.2) is 46.0 Å². The predicted octanol–water partition coefficient (Wildman–Crippen LogP) is 3.89. The molecule has 7 heteroatoms. The van der Waals surface area contributed by atoms with E-state index in [0.29, 0.717) is 5.56 Å². The number of carbonyl (C=O) groups is 1. The van der Waals surface area contributed by atoms with Gasteiger partial charge in [0, 0.05) is 31.8 Å². The van der Waals surface area contributed by atoms with Crippen molar-refractivity contribution in [2.45, 2.75) is 71.0 Å². The summed E-state index contributed by atoms with van der Waals surface area (Å²) in [5.41, 5.74) is 5.92. The number of hydrogen-bond donors (Lipinski definition) is 2. The van der Waals surface area contributed by atoms with Crippen LogP contribution in [0.5, 0.6) is 0 Å². The highest BCUT2D eigenvalue weighted by Gasteiger charge is 2.28. The summed E-state index contributed by atoms with van der Waals surface area (Å²) in [5.74, 6) is -0.0375. The van der Waals surface area contributed by atoms with Crippen LogP contribution in [0.2, 0.25) is 0 Å². The molecule has 0 bridgehead atoms. The number of hydrogen-bond acceptors (Lipinski definition) is 5. The second-order valence-electron chi connectivity index (χ2n) is 9.13. The number of amides is 1. The van der Waals surface area contributed by atoms with E-state index in [0.717, 1.165) is 80.7 Å². The lowest BCUT2D eigenvalue weighted by molar-refractivity contribution is 0.0903. The van der Waals surface area contributed by atoms with Crippen LogP contribution in [-0.2, 0) is 30.5 Å². The highest BCUT2D eigenvalue weighted by atomic mass is 16.5. The standard InChI is InChI=1S/C26H33N5O2/c1-3-7-22-23(26(32)29-20-14-17-8-5-6-9-18(17)15-20)24(28-19-10-12-33-13-11-19)21-16-27-31(4-2)25(21)30-22/h5-6,8-9,16,19-20H,3-4,7,10-15H2,1-2H3,(H,28,30)(H,29,32). The Morgan fingerprint density at radius 3 is 2.52 bits per heavy atom. The number of carbonyl (C=O) groups excluding carboxylic acids is 1. The SMILES string of the molecule is CCCc1nc2c(cnn2CC)c(NC2CCOCC2)c1C(=O)NC1Cc2ccccc2C1. The van der Waals surface area contributed by atoms with Crippen molar-refractivity contribution in [2.24, 2.45) is 0 Å². The third-order valence-corrected chi connectivity index (χ3v) is 6.83. The maximum absolute atomic E-state index is 13.8. The summed E-state index contributed by atoms with van der Waals surface area (Å²) in [4.78, 5) is 18.7. The van der Waals surface area contributed by atoms with Gasteiger partial charge in [0.25, 0.3) is 5.91 Å². The van der Waals surface area contributed by atoms with E-state index in [-0.39, 0.29) is 18.0 Å². The molecule has 1 fully saturated rings. The molecule has 33 heavy (non-hydrogen) atoms. The minimum Gasteiger partial charge on any atom is -0.381 e. The van der Waals surface area contributed by atoms with Crippen molar-refractivity contribution in [3.63, 3.8) is 0 Å². The van der Waals surface area contributed by atoms with Crippen LogP contribution in [0.3, 0.4) is 0 Å². The number of anilines is 1. The Balaban J connectivity index is 1.53. The average molecular weight is 448 g/mol. The molecule has 2 aromatic heterocycles. The summed E-state index contributed by atoms with van der Waals surface area (Å²) in [6.45, 7) is 6.42. The van der Waals surface area contributed by atoms with Crippen LogP contribution in [0, 0.1) is 0 Å². The molecule has 1 aliphatic carbocycles. The Kier molecular flexibility index (Phi) is 6.31. The van der Waals surface area contributed by atoms with E-state index in [1.54, 1.807) is 0 Å². The molecular weight excluding hydrogens is 414 g/mol. The highest BCUT2D eigenvalue weighted by molar-refractivity contribution is 6.08. The summed E-state index contributed by atoms with van der Waals surface area (Å²) in [5, 5.41) is 12.5. The zero-order valence-corrected chi connectivity index (χ0v) is 19.6. The number of fused-ring (bicyclic) bond motifs is 2. The minimum absolute atomic E-state index is 0.0375. The highest BCUT2D eigenvalue weighted by Crippen LogP contribution is 2.32. The second kappa shape index (κ2) is 9.51. The maximum Gasteiger partial charge on any atom is 0.255 e. The van der Waals surface area contributed by atoms with Gasteiger partial charge in [0.2, 0.25) is 0 Å². The van der Waals surface area contributed by atoms with Crippen LogP contribution < -0.4 is 10.6 Å². The summed E-state index contributed by atoms with van der Waals surface area (Å²) in [6.07, 6.45) is 7.12. The van der Waals surface area contributed by atoms with Crippen molar-refractivity contribution in [3.8, 4) is 0 Å². The Hall–Kier alpha value is -2.93. The van der Waals surface area contributed by atoms with Crippen molar-refractivity contribution in [3.05, 3.63) is 52.8 Å². The van der Waals surface area contributed by atoms with Crippen LogP contribution in [0.15, 0.2) is 30.5 Å². The summed E-state index contributed by atoms with van der Waals surface area (Å²) < 4.78 is 7.47. The molecule has 2 N–H and O–H groups in total. The number of aryl methyl sites for hydroxylation is 2. The van der Waals surface area contributed by atoms with E-state index in [2.05, 4.69) is 53.8 Å². The first-order chi connectivity index (χ1) is 16.2. The first kappa shape index (κ1) is 21.9. The van der Waals surface area contributed by atoms with Gasteiger partial charge in [0.1, 0.15) is 0 Å². The molecule has 1 aromatic carbocycles. The van der Waals surface area contributed by atoms with Crippen LogP contribution in [0.4, 0.5) is 5.69 Å². The Labute approximate surface area is 194 Å². The van der Waals surface area contributed by atoms with E-state index in [4.69, 9.17) is 9.72 Å². The van der Waals surface area contributed by atoms with Crippen LogP contribution >= 0.6 is 0 Å². The molecule has 0 spiro atoms. The van der Waals surface area contributed by atoms with Gasteiger partial charge in [-0.3, -0.25) is 4.79 Å². The molecule has 0 saturated carbocycles. The Bertz CT molecular complexity index is 1120. The summed E-state index contributed by atoms with van der Waals surface area (Å²) in [6, 6.07) is 8.84. The quantitative estimate of drug-likeness (QED) is 0.574. The van der Waals surface area contributed by atoms with E-state index < -0.39 is 0 Å². The number of aromatic nitrogens is 3. The lowest BCUT2D eigenvalue weighted by Crippen LogP contribution is -2.37.